The van der Waals surface area contributed by atoms with Gasteiger partial charge in [-0.1, -0.05) is 49.7 Å². The number of nitrogens with one attached hydrogen (secondary N) is 2. The number of hydrogen-bond donors (Lipinski definition) is 2. The van der Waals surface area contributed by atoms with E-state index in [9.17, 15) is 9.59 Å². The van der Waals surface area contributed by atoms with Crippen LogP contribution in [-0.2, 0) is 16.0 Å². The van der Waals surface area contributed by atoms with Crippen LogP contribution in [0.3, 0.4) is 0 Å². The van der Waals surface area contributed by atoms with E-state index in [2.05, 4.69) is 67.8 Å². The molecule has 2 heterocycles. The van der Waals surface area contributed by atoms with Gasteiger partial charge in [0.25, 0.3) is 0 Å². The monoisotopic (exact) mass is 416 g/mol. The summed E-state index contributed by atoms with van der Waals surface area (Å²) in [5.41, 5.74) is 6.48. The lowest BCUT2D eigenvalue weighted by Gasteiger charge is -2.14. The average molecular weight is 417 g/mol. The first-order valence-electron chi connectivity index (χ1n) is 10.8. The number of anilines is 1. The van der Waals surface area contributed by atoms with Crippen molar-refractivity contribution in [3.05, 3.63) is 65.2 Å². The average Bonchev–Trinajstić information content (AvgIpc) is 3.35. The molecule has 1 fully saturated rings. The van der Waals surface area contributed by atoms with Gasteiger partial charge in [-0.25, -0.2) is 4.68 Å². The maximum absolute atomic E-state index is 12.7. The lowest BCUT2D eigenvalue weighted by molar-refractivity contribution is -0.123. The highest BCUT2D eigenvalue weighted by molar-refractivity contribution is 5.97. The Morgan fingerprint density at radius 1 is 1.16 bits per heavy atom. The zero-order chi connectivity index (χ0) is 22.0. The van der Waals surface area contributed by atoms with Gasteiger partial charge < -0.3 is 10.6 Å². The Morgan fingerprint density at radius 3 is 2.58 bits per heavy atom. The molecule has 1 aliphatic rings. The second-order valence-corrected chi connectivity index (χ2v) is 8.21. The molecule has 1 aromatic heterocycles. The molecule has 3 aromatic rings. The van der Waals surface area contributed by atoms with Crippen molar-refractivity contribution in [3.8, 4) is 16.9 Å². The minimum absolute atomic E-state index is 0.0883. The van der Waals surface area contributed by atoms with E-state index in [1.165, 1.54) is 5.56 Å². The molecule has 31 heavy (non-hydrogen) atoms. The Labute approximate surface area is 182 Å². The molecule has 1 saturated heterocycles. The third kappa shape index (κ3) is 4.38. The number of amides is 2. The summed E-state index contributed by atoms with van der Waals surface area (Å²) in [6.07, 6.45) is 2.31. The Balaban J connectivity index is 1.76. The lowest BCUT2D eigenvalue weighted by atomic mass is 10.0. The molecule has 2 amide bonds. The van der Waals surface area contributed by atoms with Crippen molar-refractivity contribution >= 4 is 17.6 Å². The minimum Gasteiger partial charge on any atom is -0.355 e. The van der Waals surface area contributed by atoms with Crippen molar-refractivity contribution in [2.45, 2.75) is 40.0 Å². The van der Waals surface area contributed by atoms with Crippen LogP contribution < -0.4 is 10.6 Å². The van der Waals surface area contributed by atoms with Crippen LogP contribution in [0.4, 0.5) is 5.82 Å². The number of carbonyl (C=O) groups excluding carboxylic acids is 2. The number of hydrogen-bond acceptors (Lipinski definition) is 3. The van der Waals surface area contributed by atoms with Gasteiger partial charge in [-0.15, -0.1) is 5.10 Å². The first kappa shape index (κ1) is 20.8. The van der Waals surface area contributed by atoms with Crippen molar-refractivity contribution < 1.29 is 9.59 Å². The molecular formula is C25H28N4O2. The summed E-state index contributed by atoms with van der Waals surface area (Å²) in [5, 5.41) is 10.4. The Bertz CT molecular complexity index is 1110. The topological polar surface area (TPSA) is 76.0 Å². The Kier molecular flexibility index (Phi) is 5.89. The highest BCUT2D eigenvalue weighted by Crippen LogP contribution is 2.30. The van der Waals surface area contributed by atoms with E-state index in [1.807, 2.05) is 16.8 Å². The number of nitrogens with zero attached hydrogens (tertiary/aromatic N) is 2. The van der Waals surface area contributed by atoms with Crippen LogP contribution >= 0.6 is 0 Å². The van der Waals surface area contributed by atoms with Gasteiger partial charge in [-0.2, -0.15) is 0 Å². The van der Waals surface area contributed by atoms with Crippen LogP contribution in [0.5, 0.6) is 0 Å². The summed E-state index contributed by atoms with van der Waals surface area (Å²) in [7, 11) is 0. The Hall–Kier alpha value is -3.41. The van der Waals surface area contributed by atoms with E-state index < -0.39 is 0 Å². The first-order chi connectivity index (χ1) is 15.0. The molecule has 6 nitrogen and oxygen atoms in total. The summed E-state index contributed by atoms with van der Waals surface area (Å²) in [6.45, 7) is 6.67. The molecule has 0 unspecified atom stereocenters. The van der Waals surface area contributed by atoms with Crippen molar-refractivity contribution in [2.75, 3.05) is 11.9 Å². The van der Waals surface area contributed by atoms with Crippen molar-refractivity contribution in [3.63, 3.8) is 0 Å². The minimum atomic E-state index is -0.367. The molecule has 2 aromatic carbocycles. The van der Waals surface area contributed by atoms with E-state index in [-0.39, 0.29) is 24.2 Å². The number of aryl methyl sites for hydroxylation is 3. The molecule has 0 aliphatic carbocycles. The fraction of sp³-hybridized carbons (Fsp3) is 0.320. The highest BCUT2D eigenvalue weighted by Gasteiger charge is 2.28. The van der Waals surface area contributed by atoms with Crippen LogP contribution in [0, 0.1) is 19.8 Å². The zero-order valence-electron chi connectivity index (χ0n) is 18.2. The predicted octanol–water partition coefficient (Wildman–Crippen LogP) is 4.18. The van der Waals surface area contributed by atoms with Gasteiger partial charge in [0.05, 0.1) is 17.3 Å². The number of carbonyl (C=O) groups is 2. The quantitative estimate of drug-likeness (QED) is 0.633. The standard InChI is InChI=1S/C25H28N4O2/c1-4-7-18-10-6-11-19(12-18)21-14-22(27-25(31)20-13-23(30)26-15-20)28-29(21)24-16(2)8-5-9-17(24)3/h5-6,8-12,14,20H,4,7,13,15H2,1-3H3,(H,26,30)(H,27,28,31)/t20-/m0/s1. The molecule has 2 N–H and O–H groups in total. The van der Waals surface area contributed by atoms with Gasteiger partial charge in [0.2, 0.25) is 11.8 Å². The van der Waals surface area contributed by atoms with Crippen LogP contribution in [0.25, 0.3) is 16.9 Å². The van der Waals surface area contributed by atoms with Crippen molar-refractivity contribution in [1.82, 2.24) is 15.1 Å². The zero-order valence-corrected chi connectivity index (χ0v) is 18.2. The molecule has 0 spiro atoms. The maximum atomic E-state index is 12.7. The van der Waals surface area contributed by atoms with Gasteiger partial charge in [-0.3, -0.25) is 9.59 Å². The largest absolute Gasteiger partial charge is 0.355 e. The molecular weight excluding hydrogens is 388 g/mol. The van der Waals surface area contributed by atoms with E-state index in [4.69, 9.17) is 5.10 Å². The molecule has 160 valence electrons. The number of benzene rings is 2. The smallest absolute Gasteiger partial charge is 0.230 e. The highest BCUT2D eigenvalue weighted by atomic mass is 16.2. The first-order valence-corrected chi connectivity index (χ1v) is 10.8. The summed E-state index contributed by atoms with van der Waals surface area (Å²) in [4.78, 5) is 24.2. The number of rotatable bonds is 6. The second-order valence-electron chi connectivity index (χ2n) is 8.21. The van der Waals surface area contributed by atoms with Crippen molar-refractivity contribution in [2.24, 2.45) is 5.92 Å². The van der Waals surface area contributed by atoms with E-state index in [0.29, 0.717) is 12.4 Å². The predicted molar refractivity (Wildman–Crippen MR) is 122 cm³/mol. The Morgan fingerprint density at radius 2 is 1.90 bits per heavy atom. The van der Waals surface area contributed by atoms with Gasteiger partial charge in [0.15, 0.2) is 5.82 Å². The van der Waals surface area contributed by atoms with E-state index in [1.54, 1.807) is 0 Å². The molecule has 0 saturated carbocycles. The third-order valence-electron chi connectivity index (χ3n) is 5.72. The van der Waals surface area contributed by atoms with Gasteiger partial charge in [0, 0.05) is 24.6 Å². The summed E-state index contributed by atoms with van der Waals surface area (Å²) < 4.78 is 1.92. The van der Waals surface area contributed by atoms with Gasteiger partial charge in [0.1, 0.15) is 0 Å². The van der Waals surface area contributed by atoms with Crippen LogP contribution in [-0.4, -0.2) is 28.1 Å². The SMILES string of the molecule is CCCc1cccc(-c2cc(NC(=O)[C@@H]3CNC(=O)C3)nn2-c2c(C)cccc2C)c1. The molecule has 1 aliphatic heterocycles. The van der Waals surface area contributed by atoms with E-state index in [0.717, 1.165) is 40.9 Å². The van der Waals surface area contributed by atoms with Gasteiger partial charge in [-0.05, 0) is 43.0 Å². The fourth-order valence-corrected chi connectivity index (χ4v) is 4.15. The summed E-state index contributed by atoms with van der Waals surface area (Å²) in [5.74, 6) is -0.150. The molecule has 1 atom stereocenters. The molecule has 0 radical (unpaired) electrons. The van der Waals surface area contributed by atoms with Gasteiger partial charge >= 0.3 is 0 Å². The molecule has 4 rings (SSSR count). The van der Waals surface area contributed by atoms with E-state index >= 15 is 0 Å². The third-order valence-corrected chi connectivity index (χ3v) is 5.72. The second kappa shape index (κ2) is 8.76. The lowest BCUT2D eigenvalue weighted by Crippen LogP contribution is -2.24. The fourth-order valence-electron chi connectivity index (χ4n) is 4.15. The summed E-state index contributed by atoms with van der Waals surface area (Å²) in [6, 6.07) is 16.5. The normalized spacial score (nSPS) is 15.7. The number of aromatic nitrogens is 2. The summed E-state index contributed by atoms with van der Waals surface area (Å²) >= 11 is 0. The van der Waals surface area contributed by atoms with Crippen LogP contribution in [0.15, 0.2) is 48.5 Å². The van der Waals surface area contributed by atoms with Crippen LogP contribution in [0.2, 0.25) is 0 Å². The van der Waals surface area contributed by atoms with Crippen molar-refractivity contribution in [1.29, 1.82) is 0 Å². The number of para-hydroxylation sites is 1. The molecule has 6 heteroatoms. The maximum Gasteiger partial charge on any atom is 0.230 e. The molecule has 0 bridgehead atoms. The van der Waals surface area contributed by atoms with Crippen LogP contribution in [0.1, 0.15) is 36.5 Å².